The minimum Gasteiger partial charge on any atom is -0.371 e. The lowest BCUT2D eigenvalue weighted by Gasteiger charge is -2.28. The van der Waals surface area contributed by atoms with E-state index in [1.165, 1.54) is 6.08 Å². The fourth-order valence-corrected chi connectivity index (χ4v) is 2.40. The summed E-state index contributed by atoms with van der Waals surface area (Å²) in [5.74, 6) is 0.0639. The highest BCUT2D eigenvalue weighted by Crippen LogP contribution is 2.26. The second-order valence-electron chi connectivity index (χ2n) is 5.83. The van der Waals surface area contributed by atoms with Gasteiger partial charge in [0.05, 0.1) is 5.60 Å². The van der Waals surface area contributed by atoms with E-state index in [9.17, 15) is 9.59 Å². The summed E-state index contributed by atoms with van der Waals surface area (Å²) < 4.78 is 5.87. The molecule has 3 nitrogen and oxygen atoms in total. The fraction of sp³-hybridized carbons (Fsp3) is 0.300. The molecule has 0 fully saturated rings. The number of carbonyl (C=O) groups is 2. The standard InChI is InChI=1S/C20H22O3/c1-3-18(21)10-7-15-23-20(2)13-11-17(12-14-20)19(22)16-8-5-4-6-9-16/h3-6,8-9,11-13H,1,7,10,14-15H2,2H3. The van der Waals surface area contributed by atoms with Crippen molar-refractivity contribution in [3.8, 4) is 0 Å². The van der Waals surface area contributed by atoms with Crippen molar-refractivity contribution >= 4 is 11.6 Å². The number of hydrogen-bond acceptors (Lipinski definition) is 3. The van der Waals surface area contributed by atoms with Crippen LogP contribution in [0.5, 0.6) is 0 Å². The summed E-state index contributed by atoms with van der Waals surface area (Å²) >= 11 is 0. The molecule has 1 aliphatic carbocycles. The smallest absolute Gasteiger partial charge is 0.192 e. The Bertz CT molecular complexity index is 640. The Labute approximate surface area is 137 Å². The van der Waals surface area contributed by atoms with Crippen LogP contribution in [0.15, 0.2) is 66.8 Å². The molecule has 1 aromatic carbocycles. The molecule has 1 aliphatic rings. The lowest BCUT2D eigenvalue weighted by molar-refractivity contribution is -0.115. The van der Waals surface area contributed by atoms with Crippen LogP contribution in [0.25, 0.3) is 0 Å². The molecule has 0 amide bonds. The summed E-state index contributed by atoms with van der Waals surface area (Å²) in [5.41, 5.74) is 0.965. The molecule has 3 heteroatoms. The number of hydrogen-bond donors (Lipinski definition) is 0. The maximum atomic E-state index is 12.4. The van der Waals surface area contributed by atoms with E-state index in [-0.39, 0.29) is 11.6 Å². The maximum absolute atomic E-state index is 12.4. The third-order valence-corrected chi connectivity index (χ3v) is 3.87. The largest absolute Gasteiger partial charge is 0.371 e. The average molecular weight is 310 g/mol. The van der Waals surface area contributed by atoms with Crippen molar-refractivity contribution < 1.29 is 14.3 Å². The van der Waals surface area contributed by atoms with Crippen LogP contribution >= 0.6 is 0 Å². The van der Waals surface area contributed by atoms with Crippen LogP contribution < -0.4 is 0 Å². The van der Waals surface area contributed by atoms with E-state index in [1.807, 2.05) is 55.5 Å². The van der Waals surface area contributed by atoms with Gasteiger partial charge in [0.15, 0.2) is 11.6 Å². The summed E-state index contributed by atoms with van der Waals surface area (Å²) in [5, 5.41) is 0. The predicted octanol–water partition coefficient (Wildman–Crippen LogP) is 4.07. The van der Waals surface area contributed by atoms with Gasteiger partial charge in [0.25, 0.3) is 0 Å². The van der Waals surface area contributed by atoms with Crippen LogP contribution in [0.1, 0.15) is 36.5 Å². The number of ketones is 2. The van der Waals surface area contributed by atoms with Gasteiger partial charge in [0, 0.05) is 24.2 Å². The molecule has 0 saturated carbocycles. The molecule has 1 unspecified atom stereocenters. The van der Waals surface area contributed by atoms with E-state index in [0.29, 0.717) is 37.0 Å². The Balaban J connectivity index is 1.87. The Morgan fingerprint density at radius 1 is 1.30 bits per heavy atom. The molecule has 120 valence electrons. The van der Waals surface area contributed by atoms with Crippen molar-refractivity contribution in [3.05, 3.63) is 72.4 Å². The van der Waals surface area contributed by atoms with Crippen LogP contribution in [-0.4, -0.2) is 23.8 Å². The molecular formula is C20H22O3. The van der Waals surface area contributed by atoms with Gasteiger partial charge in [-0.25, -0.2) is 0 Å². The average Bonchev–Trinajstić information content (AvgIpc) is 2.59. The highest BCUT2D eigenvalue weighted by Gasteiger charge is 2.25. The predicted molar refractivity (Wildman–Crippen MR) is 91.4 cm³/mol. The van der Waals surface area contributed by atoms with E-state index in [0.717, 1.165) is 0 Å². The van der Waals surface area contributed by atoms with Crippen LogP contribution in [0, 0.1) is 0 Å². The minimum atomic E-state index is -0.419. The fourth-order valence-electron chi connectivity index (χ4n) is 2.40. The zero-order chi connectivity index (χ0) is 16.7. The van der Waals surface area contributed by atoms with Crippen molar-refractivity contribution in [2.24, 2.45) is 0 Å². The lowest BCUT2D eigenvalue weighted by Crippen LogP contribution is -2.28. The Morgan fingerprint density at radius 3 is 2.65 bits per heavy atom. The van der Waals surface area contributed by atoms with Gasteiger partial charge in [-0.15, -0.1) is 0 Å². The van der Waals surface area contributed by atoms with Gasteiger partial charge in [-0.2, -0.15) is 0 Å². The van der Waals surface area contributed by atoms with Gasteiger partial charge in [-0.3, -0.25) is 9.59 Å². The molecule has 23 heavy (non-hydrogen) atoms. The van der Waals surface area contributed by atoms with Crippen molar-refractivity contribution in [1.82, 2.24) is 0 Å². The zero-order valence-electron chi connectivity index (χ0n) is 13.5. The summed E-state index contributed by atoms with van der Waals surface area (Å²) in [6, 6.07) is 9.25. The lowest BCUT2D eigenvalue weighted by atomic mass is 9.90. The van der Waals surface area contributed by atoms with E-state index < -0.39 is 5.60 Å². The first kappa shape index (κ1) is 17.1. The van der Waals surface area contributed by atoms with Crippen molar-refractivity contribution in [1.29, 1.82) is 0 Å². The molecule has 0 aliphatic heterocycles. The van der Waals surface area contributed by atoms with Crippen molar-refractivity contribution in [2.75, 3.05) is 6.61 Å². The van der Waals surface area contributed by atoms with E-state index in [4.69, 9.17) is 4.74 Å². The van der Waals surface area contributed by atoms with Gasteiger partial charge in [-0.1, -0.05) is 55.1 Å². The third-order valence-electron chi connectivity index (χ3n) is 3.87. The summed E-state index contributed by atoms with van der Waals surface area (Å²) in [6.07, 6.45) is 8.79. The second-order valence-corrected chi connectivity index (χ2v) is 5.83. The highest BCUT2D eigenvalue weighted by atomic mass is 16.5. The zero-order valence-corrected chi connectivity index (χ0v) is 13.5. The van der Waals surface area contributed by atoms with Crippen molar-refractivity contribution in [2.45, 2.75) is 31.8 Å². The molecular weight excluding hydrogens is 288 g/mol. The number of benzene rings is 1. The molecule has 0 heterocycles. The Hall–Kier alpha value is -2.26. The number of ether oxygens (including phenoxy) is 1. The molecule has 1 atom stereocenters. The summed E-state index contributed by atoms with van der Waals surface area (Å²) in [4.78, 5) is 23.5. The molecule has 0 spiro atoms. The van der Waals surface area contributed by atoms with E-state index in [2.05, 4.69) is 6.58 Å². The highest BCUT2D eigenvalue weighted by molar-refractivity contribution is 6.10. The minimum absolute atomic E-state index is 0.0282. The molecule has 2 rings (SSSR count). The third kappa shape index (κ3) is 4.86. The molecule has 0 aromatic heterocycles. The normalized spacial score (nSPS) is 20.0. The molecule has 0 saturated heterocycles. The molecule has 0 bridgehead atoms. The SMILES string of the molecule is C=CC(=O)CCCOC1(C)C=CC(C(=O)c2ccccc2)=CC1. The van der Waals surface area contributed by atoms with Gasteiger partial charge >= 0.3 is 0 Å². The topological polar surface area (TPSA) is 43.4 Å². The van der Waals surface area contributed by atoms with Gasteiger partial charge in [-0.05, 0) is 25.8 Å². The molecule has 1 aromatic rings. The Kier molecular flexibility index (Phi) is 5.83. The summed E-state index contributed by atoms with van der Waals surface area (Å²) in [7, 11) is 0. The number of Topliss-reactive ketones (excluding diaryl/α,β-unsaturated/α-hetero) is 1. The van der Waals surface area contributed by atoms with Gasteiger partial charge < -0.3 is 4.74 Å². The van der Waals surface area contributed by atoms with Crippen LogP contribution in [-0.2, 0) is 9.53 Å². The first-order valence-electron chi connectivity index (χ1n) is 7.82. The second kappa shape index (κ2) is 7.84. The van der Waals surface area contributed by atoms with E-state index >= 15 is 0 Å². The Morgan fingerprint density at radius 2 is 2.04 bits per heavy atom. The van der Waals surface area contributed by atoms with Gasteiger partial charge in [0.2, 0.25) is 0 Å². The van der Waals surface area contributed by atoms with Crippen LogP contribution in [0.3, 0.4) is 0 Å². The number of allylic oxidation sites excluding steroid dienone is 3. The monoisotopic (exact) mass is 310 g/mol. The molecule has 0 radical (unpaired) electrons. The van der Waals surface area contributed by atoms with E-state index in [1.54, 1.807) is 0 Å². The molecule has 0 N–H and O–H groups in total. The number of rotatable bonds is 8. The first-order valence-corrected chi connectivity index (χ1v) is 7.82. The summed E-state index contributed by atoms with van der Waals surface area (Å²) in [6.45, 7) is 5.95. The maximum Gasteiger partial charge on any atom is 0.192 e. The van der Waals surface area contributed by atoms with Crippen molar-refractivity contribution in [3.63, 3.8) is 0 Å². The number of carbonyl (C=O) groups excluding carboxylic acids is 2. The first-order chi connectivity index (χ1) is 11.0. The van der Waals surface area contributed by atoms with Gasteiger partial charge in [0.1, 0.15) is 0 Å². The van der Waals surface area contributed by atoms with Crippen LogP contribution in [0.4, 0.5) is 0 Å². The quantitative estimate of drug-likeness (QED) is 0.413. The van der Waals surface area contributed by atoms with Crippen LogP contribution in [0.2, 0.25) is 0 Å².